The van der Waals surface area contributed by atoms with Gasteiger partial charge in [-0.15, -0.1) is 0 Å². The van der Waals surface area contributed by atoms with Crippen molar-refractivity contribution in [2.24, 2.45) is 0 Å². The summed E-state index contributed by atoms with van der Waals surface area (Å²) in [6.07, 6.45) is 1.55. The molecule has 0 bridgehead atoms. The SMILES string of the molecule is COC(C)(C)Cn1c(SCC(=O)O)nc2cc(Cl)cnc21. The molecule has 6 nitrogen and oxygen atoms in total. The van der Waals surface area contributed by atoms with Gasteiger partial charge in [-0.3, -0.25) is 4.79 Å². The number of pyridine rings is 1. The molecule has 1 N–H and O–H groups in total. The zero-order chi connectivity index (χ0) is 15.6. The Labute approximate surface area is 131 Å². The summed E-state index contributed by atoms with van der Waals surface area (Å²) < 4.78 is 7.30. The first kappa shape index (κ1) is 16.1. The van der Waals surface area contributed by atoms with Gasteiger partial charge in [0.15, 0.2) is 10.8 Å². The van der Waals surface area contributed by atoms with Crippen molar-refractivity contribution in [3.63, 3.8) is 0 Å². The molecule has 0 aliphatic carbocycles. The van der Waals surface area contributed by atoms with E-state index in [1.54, 1.807) is 19.4 Å². The summed E-state index contributed by atoms with van der Waals surface area (Å²) in [6.45, 7) is 4.40. The third-order valence-corrected chi connectivity index (χ3v) is 4.10. The standard InChI is InChI=1S/C13H16ClN3O3S/c1-13(2,20-3)7-17-11-9(4-8(14)5-15-11)16-12(17)21-6-10(18)19/h4-5H,6-7H2,1-3H3,(H,18,19). The number of rotatable bonds is 6. The van der Waals surface area contributed by atoms with Crippen molar-refractivity contribution in [1.82, 2.24) is 14.5 Å². The molecular weight excluding hydrogens is 314 g/mol. The normalized spacial score (nSPS) is 12.0. The highest BCUT2D eigenvalue weighted by Crippen LogP contribution is 2.27. The second kappa shape index (κ2) is 6.21. The first-order valence-electron chi connectivity index (χ1n) is 6.24. The lowest BCUT2D eigenvalue weighted by molar-refractivity contribution is -0.133. The van der Waals surface area contributed by atoms with E-state index in [0.717, 1.165) is 11.8 Å². The molecule has 0 saturated carbocycles. The number of methoxy groups -OCH3 is 1. The summed E-state index contributed by atoms with van der Waals surface area (Å²) in [5, 5.41) is 9.93. The minimum absolute atomic E-state index is 0.0650. The average Bonchev–Trinajstić information content (AvgIpc) is 2.73. The monoisotopic (exact) mass is 329 g/mol. The molecule has 0 amide bonds. The van der Waals surface area contributed by atoms with Gasteiger partial charge in [0.2, 0.25) is 0 Å². The van der Waals surface area contributed by atoms with Gasteiger partial charge in [0.25, 0.3) is 0 Å². The molecule has 0 spiro atoms. The number of carboxylic acids is 1. The van der Waals surface area contributed by atoms with Crippen LogP contribution in [-0.4, -0.2) is 44.1 Å². The predicted octanol–water partition coefficient (Wildman–Crippen LogP) is 2.69. The molecule has 0 aliphatic heterocycles. The Balaban J connectivity index is 2.46. The Morgan fingerprint density at radius 1 is 1.57 bits per heavy atom. The van der Waals surface area contributed by atoms with E-state index in [-0.39, 0.29) is 5.75 Å². The Morgan fingerprint density at radius 3 is 2.90 bits per heavy atom. The highest BCUT2D eigenvalue weighted by atomic mass is 35.5. The number of aromatic nitrogens is 3. The third-order valence-electron chi connectivity index (χ3n) is 2.93. The van der Waals surface area contributed by atoms with Crippen LogP contribution in [0.3, 0.4) is 0 Å². The van der Waals surface area contributed by atoms with Gasteiger partial charge in [0.05, 0.1) is 22.9 Å². The number of nitrogens with zero attached hydrogens (tertiary/aromatic N) is 3. The van der Waals surface area contributed by atoms with Crippen LogP contribution in [0.25, 0.3) is 11.2 Å². The largest absolute Gasteiger partial charge is 0.481 e. The number of hydrogen-bond donors (Lipinski definition) is 1. The van der Waals surface area contributed by atoms with Gasteiger partial charge in [-0.25, -0.2) is 9.97 Å². The van der Waals surface area contributed by atoms with Crippen LogP contribution in [0.4, 0.5) is 0 Å². The molecule has 2 aromatic rings. The van der Waals surface area contributed by atoms with E-state index in [2.05, 4.69) is 9.97 Å². The highest BCUT2D eigenvalue weighted by molar-refractivity contribution is 7.99. The minimum Gasteiger partial charge on any atom is -0.481 e. The Morgan fingerprint density at radius 2 is 2.29 bits per heavy atom. The van der Waals surface area contributed by atoms with Crippen LogP contribution >= 0.6 is 23.4 Å². The van der Waals surface area contributed by atoms with Crippen molar-refractivity contribution in [1.29, 1.82) is 0 Å². The number of ether oxygens (including phenoxy) is 1. The lowest BCUT2D eigenvalue weighted by Crippen LogP contribution is -2.29. The maximum Gasteiger partial charge on any atom is 0.313 e. The molecule has 0 aliphatic rings. The lowest BCUT2D eigenvalue weighted by atomic mass is 10.1. The van der Waals surface area contributed by atoms with Crippen LogP contribution in [0, 0.1) is 0 Å². The van der Waals surface area contributed by atoms with Crippen LogP contribution in [-0.2, 0) is 16.1 Å². The van der Waals surface area contributed by atoms with E-state index in [1.807, 2.05) is 18.4 Å². The van der Waals surface area contributed by atoms with Gasteiger partial charge in [-0.2, -0.15) is 0 Å². The van der Waals surface area contributed by atoms with Crippen LogP contribution in [0.5, 0.6) is 0 Å². The van der Waals surface area contributed by atoms with Crippen LogP contribution in [0.15, 0.2) is 17.4 Å². The van der Waals surface area contributed by atoms with Crippen LogP contribution in [0.2, 0.25) is 5.02 Å². The van der Waals surface area contributed by atoms with Gasteiger partial charge < -0.3 is 14.4 Å². The van der Waals surface area contributed by atoms with Crippen molar-refractivity contribution in [3.05, 3.63) is 17.3 Å². The van der Waals surface area contributed by atoms with Crippen molar-refractivity contribution >= 4 is 40.5 Å². The predicted molar refractivity (Wildman–Crippen MR) is 82.0 cm³/mol. The first-order chi connectivity index (χ1) is 9.82. The van der Waals surface area contributed by atoms with Crippen LogP contribution in [0.1, 0.15) is 13.8 Å². The average molecular weight is 330 g/mol. The smallest absolute Gasteiger partial charge is 0.313 e. The fourth-order valence-corrected chi connectivity index (χ4v) is 2.66. The summed E-state index contributed by atoms with van der Waals surface area (Å²) in [5.74, 6) is -0.958. The maximum absolute atomic E-state index is 10.8. The fourth-order valence-electron chi connectivity index (χ4n) is 1.79. The lowest BCUT2D eigenvalue weighted by Gasteiger charge is -2.24. The van der Waals surface area contributed by atoms with Gasteiger partial charge in [0.1, 0.15) is 5.52 Å². The van der Waals surface area contributed by atoms with Gasteiger partial charge >= 0.3 is 5.97 Å². The fraction of sp³-hybridized carbons (Fsp3) is 0.462. The quantitative estimate of drug-likeness (QED) is 0.821. The van der Waals surface area contributed by atoms with Crippen molar-refractivity contribution in [2.45, 2.75) is 31.1 Å². The van der Waals surface area contributed by atoms with Gasteiger partial charge in [-0.1, -0.05) is 23.4 Å². The van der Waals surface area contributed by atoms with Crippen molar-refractivity contribution < 1.29 is 14.6 Å². The number of aliphatic carboxylic acids is 1. The maximum atomic E-state index is 10.8. The van der Waals surface area contributed by atoms with Crippen molar-refractivity contribution in [3.8, 4) is 0 Å². The molecular formula is C13H16ClN3O3S. The molecule has 0 radical (unpaired) electrons. The molecule has 114 valence electrons. The van der Waals surface area contributed by atoms with E-state index in [0.29, 0.717) is 27.9 Å². The summed E-state index contributed by atoms with van der Waals surface area (Å²) in [4.78, 5) is 19.5. The molecule has 0 aromatic carbocycles. The molecule has 21 heavy (non-hydrogen) atoms. The molecule has 0 saturated heterocycles. The Hall–Kier alpha value is -1.31. The Kier molecular flexibility index (Phi) is 4.75. The van der Waals surface area contributed by atoms with E-state index in [4.69, 9.17) is 21.4 Å². The number of carboxylic acid groups (broad SMARTS) is 1. The number of imidazole rings is 1. The highest BCUT2D eigenvalue weighted by Gasteiger charge is 2.22. The second-order valence-electron chi connectivity index (χ2n) is 5.12. The molecule has 0 fully saturated rings. The summed E-state index contributed by atoms with van der Waals surface area (Å²) >= 11 is 7.08. The number of fused-ring (bicyclic) bond motifs is 1. The number of hydrogen-bond acceptors (Lipinski definition) is 5. The van der Waals surface area contributed by atoms with E-state index >= 15 is 0 Å². The molecule has 2 aromatic heterocycles. The van der Waals surface area contributed by atoms with Gasteiger partial charge in [0, 0.05) is 13.3 Å². The number of thioether (sulfide) groups is 1. The van der Waals surface area contributed by atoms with E-state index < -0.39 is 11.6 Å². The molecule has 0 atom stereocenters. The summed E-state index contributed by atoms with van der Waals surface area (Å²) in [7, 11) is 1.63. The van der Waals surface area contributed by atoms with Gasteiger partial charge in [-0.05, 0) is 19.9 Å². The third kappa shape index (κ3) is 3.87. The second-order valence-corrected chi connectivity index (χ2v) is 6.50. The number of halogens is 1. The zero-order valence-electron chi connectivity index (χ0n) is 12.0. The topological polar surface area (TPSA) is 77.2 Å². The zero-order valence-corrected chi connectivity index (χ0v) is 13.5. The molecule has 8 heteroatoms. The number of carbonyl (C=O) groups is 1. The van der Waals surface area contributed by atoms with Crippen LogP contribution < -0.4 is 0 Å². The minimum atomic E-state index is -0.893. The van der Waals surface area contributed by atoms with E-state index in [9.17, 15) is 4.79 Å². The Bertz CT molecular complexity index is 672. The first-order valence-corrected chi connectivity index (χ1v) is 7.60. The molecule has 2 heterocycles. The van der Waals surface area contributed by atoms with Crippen molar-refractivity contribution in [2.75, 3.05) is 12.9 Å². The summed E-state index contributed by atoms with van der Waals surface area (Å²) in [6, 6.07) is 1.71. The summed E-state index contributed by atoms with van der Waals surface area (Å²) in [5.41, 5.74) is 0.882. The van der Waals surface area contributed by atoms with E-state index in [1.165, 1.54) is 0 Å². The molecule has 2 rings (SSSR count). The molecule has 0 unspecified atom stereocenters.